The Morgan fingerprint density at radius 2 is 2.32 bits per heavy atom. The van der Waals surface area contributed by atoms with E-state index < -0.39 is 0 Å². The van der Waals surface area contributed by atoms with Crippen molar-refractivity contribution in [1.29, 1.82) is 0 Å². The molecule has 3 rings (SSSR count). The molecule has 1 aliphatic rings. The van der Waals surface area contributed by atoms with Gasteiger partial charge in [0, 0.05) is 6.04 Å². The highest BCUT2D eigenvalue weighted by Gasteiger charge is 2.30. The Morgan fingerprint density at radius 3 is 3.00 bits per heavy atom. The fourth-order valence-electron chi connectivity index (χ4n) is 2.73. The van der Waals surface area contributed by atoms with Crippen LogP contribution in [0.5, 0.6) is 5.75 Å². The molecule has 3 N–H and O–H groups in total. The number of aromatic nitrogens is 1. The number of halogens is 1. The summed E-state index contributed by atoms with van der Waals surface area (Å²) in [5.41, 5.74) is 6.84. The molecule has 7 heteroatoms. The van der Waals surface area contributed by atoms with E-state index in [-0.39, 0.29) is 30.3 Å². The maximum atomic E-state index is 12.2. The fourth-order valence-corrected chi connectivity index (χ4v) is 3.62. The van der Waals surface area contributed by atoms with Crippen LogP contribution >= 0.6 is 23.7 Å². The van der Waals surface area contributed by atoms with Gasteiger partial charge in [0.2, 0.25) is 5.91 Å². The molecule has 2 atom stereocenters. The summed E-state index contributed by atoms with van der Waals surface area (Å²) in [4.78, 5) is 16.7. The van der Waals surface area contributed by atoms with E-state index in [4.69, 9.17) is 10.5 Å². The molecule has 1 fully saturated rings. The van der Waals surface area contributed by atoms with E-state index in [1.807, 2.05) is 25.1 Å². The Kier molecular flexibility index (Phi) is 5.61. The van der Waals surface area contributed by atoms with Gasteiger partial charge in [0.15, 0.2) is 5.13 Å². The number of carbonyl (C=O) groups is 1. The van der Waals surface area contributed by atoms with Gasteiger partial charge in [-0.2, -0.15) is 0 Å². The van der Waals surface area contributed by atoms with Gasteiger partial charge in [-0.1, -0.05) is 17.8 Å². The van der Waals surface area contributed by atoms with Gasteiger partial charge >= 0.3 is 0 Å². The first-order valence-corrected chi connectivity index (χ1v) is 8.09. The lowest BCUT2D eigenvalue weighted by molar-refractivity contribution is -0.120. The number of rotatable bonds is 4. The number of ether oxygens (including phenoxy) is 1. The van der Waals surface area contributed by atoms with E-state index in [1.54, 1.807) is 0 Å². The van der Waals surface area contributed by atoms with Gasteiger partial charge in [0.05, 0.1) is 22.7 Å². The second kappa shape index (κ2) is 7.26. The molecule has 1 saturated carbocycles. The third-order valence-corrected chi connectivity index (χ3v) is 4.74. The van der Waals surface area contributed by atoms with Crippen molar-refractivity contribution in [3.05, 3.63) is 18.2 Å². The van der Waals surface area contributed by atoms with Gasteiger partial charge < -0.3 is 15.8 Å². The van der Waals surface area contributed by atoms with Gasteiger partial charge in [-0.05, 0) is 38.0 Å². The molecular weight excluding hydrogens is 322 g/mol. The molecular formula is C15H20ClN3O2S. The molecule has 0 spiro atoms. The van der Waals surface area contributed by atoms with Crippen molar-refractivity contribution in [3.8, 4) is 5.75 Å². The topological polar surface area (TPSA) is 77.2 Å². The first-order valence-electron chi connectivity index (χ1n) is 7.27. The minimum absolute atomic E-state index is 0. The molecule has 1 amide bonds. The van der Waals surface area contributed by atoms with Crippen molar-refractivity contribution < 1.29 is 9.53 Å². The van der Waals surface area contributed by atoms with Crippen molar-refractivity contribution in [3.63, 3.8) is 0 Å². The van der Waals surface area contributed by atoms with Gasteiger partial charge in [-0.3, -0.25) is 4.79 Å². The molecule has 1 heterocycles. The largest absolute Gasteiger partial charge is 0.494 e. The van der Waals surface area contributed by atoms with Gasteiger partial charge in [0.25, 0.3) is 0 Å². The molecule has 22 heavy (non-hydrogen) atoms. The highest BCUT2D eigenvalue weighted by atomic mass is 35.5. The summed E-state index contributed by atoms with van der Waals surface area (Å²) in [6, 6.07) is 5.73. The lowest BCUT2D eigenvalue weighted by atomic mass is 10.0. The molecule has 0 aliphatic heterocycles. The van der Waals surface area contributed by atoms with Crippen LogP contribution < -0.4 is 15.8 Å². The molecule has 5 nitrogen and oxygen atoms in total. The summed E-state index contributed by atoms with van der Waals surface area (Å²) < 4.78 is 6.48. The number of hydrogen-bond acceptors (Lipinski definition) is 5. The average molecular weight is 342 g/mol. The number of amides is 1. The van der Waals surface area contributed by atoms with Crippen molar-refractivity contribution in [2.24, 2.45) is 11.7 Å². The van der Waals surface area contributed by atoms with E-state index in [0.29, 0.717) is 11.7 Å². The second-order valence-electron chi connectivity index (χ2n) is 5.27. The van der Waals surface area contributed by atoms with Crippen LogP contribution in [-0.2, 0) is 4.79 Å². The summed E-state index contributed by atoms with van der Waals surface area (Å²) in [6.07, 6.45) is 2.82. The Bertz CT molecular complexity index is 661. The summed E-state index contributed by atoms with van der Waals surface area (Å²) in [7, 11) is 0. The van der Waals surface area contributed by atoms with Gasteiger partial charge in [-0.25, -0.2) is 4.98 Å². The zero-order valence-corrected chi connectivity index (χ0v) is 14.0. The normalized spacial score (nSPS) is 20.6. The van der Waals surface area contributed by atoms with Crippen molar-refractivity contribution in [2.45, 2.75) is 32.2 Å². The van der Waals surface area contributed by atoms with E-state index >= 15 is 0 Å². The predicted octanol–water partition coefficient (Wildman–Crippen LogP) is 3.18. The zero-order chi connectivity index (χ0) is 14.8. The highest BCUT2D eigenvalue weighted by Crippen LogP contribution is 2.31. The van der Waals surface area contributed by atoms with E-state index in [2.05, 4.69) is 10.3 Å². The van der Waals surface area contributed by atoms with Crippen LogP contribution in [0, 0.1) is 5.92 Å². The predicted molar refractivity (Wildman–Crippen MR) is 92.0 cm³/mol. The number of nitrogens with zero attached hydrogens (tertiary/aromatic N) is 1. The molecule has 2 aromatic rings. The quantitative estimate of drug-likeness (QED) is 0.895. The molecule has 1 aromatic heterocycles. The van der Waals surface area contributed by atoms with Gasteiger partial charge in [0.1, 0.15) is 5.75 Å². The monoisotopic (exact) mass is 341 g/mol. The molecule has 1 aromatic carbocycles. The number of carbonyl (C=O) groups excluding carboxylic acids is 1. The number of hydrogen-bond donors (Lipinski definition) is 2. The third-order valence-electron chi connectivity index (χ3n) is 3.81. The van der Waals surface area contributed by atoms with Crippen molar-refractivity contribution >= 4 is 45.0 Å². The summed E-state index contributed by atoms with van der Waals surface area (Å²) >= 11 is 1.46. The number of benzene rings is 1. The Hall–Kier alpha value is -1.37. The molecule has 2 unspecified atom stereocenters. The standard InChI is InChI=1S/C15H19N3O2S.ClH/c1-2-20-9-6-7-12-13(8-9)21-15(17-12)18-14(19)10-4-3-5-11(10)16;/h6-8,10-11H,2-5,16H2,1H3,(H,17,18,19);1H. The van der Waals surface area contributed by atoms with Crippen molar-refractivity contribution in [1.82, 2.24) is 4.98 Å². The zero-order valence-electron chi connectivity index (χ0n) is 12.4. The maximum Gasteiger partial charge on any atom is 0.230 e. The minimum Gasteiger partial charge on any atom is -0.494 e. The first kappa shape index (κ1) is 17.0. The third kappa shape index (κ3) is 3.51. The van der Waals surface area contributed by atoms with E-state index in [0.717, 1.165) is 35.2 Å². The van der Waals surface area contributed by atoms with Crippen molar-refractivity contribution in [2.75, 3.05) is 11.9 Å². The van der Waals surface area contributed by atoms with Gasteiger partial charge in [-0.15, -0.1) is 12.4 Å². The van der Waals surface area contributed by atoms with E-state index in [1.165, 1.54) is 11.3 Å². The Morgan fingerprint density at radius 1 is 1.50 bits per heavy atom. The number of thiazole rings is 1. The number of nitrogens with two attached hydrogens (primary N) is 1. The summed E-state index contributed by atoms with van der Waals surface area (Å²) in [5, 5.41) is 3.53. The minimum atomic E-state index is -0.0870. The van der Waals surface area contributed by atoms with Crippen LogP contribution in [0.25, 0.3) is 10.2 Å². The lowest BCUT2D eigenvalue weighted by Crippen LogP contribution is -2.34. The molecule has 0 radical (unpaired) electrons. The summed E-state index contributed by atoms with van der Waals surface area (Å²) in [5.74, 6) is 0.726. The SMILES string of the molecule is CCOc1ccc2nc(NC(=O)C3CCCC3N)sc2c1.Cl. The fraction of sp³-hybridized carbons (Fsp3) is 0.467. The molecule has 0 saturated heterocycles. The van der Waals surface area contributed by atoms with Crippen LogP contribution in [0.2, 0.25) is 0 Å². The molecule has 0 bridgehead atoms. The van der Waals surface area contributed by atoms with Crippen LogP contribution in [0.3, 0.4) is 0 Å². The summed E-state index contributed by atoms with van der Waals surface area (Å²) in [6.45, 7) is 2.58. The Labute approximate surface area is 139 Å². The van der Waals surface area contributed by atoms with Crippen LogP contribution in [0.4, 0.5) is 5.13 Å². The Balaban J connectivity index is 0.00000176. The number of nitrogens with one attached hydrogen (secondary N) is 1. The number of anilines is 1. The van der Waals surface area contributed by atoms with Crippen LogP contribution in [0.1, 0.15) is 26.2 Å². The first-order chi connectivity index (χ1) is 10.2. The average Bonchev–Trinajstić information content (AvgIpc) is 3.04. The van der Waals surface area contributed by atoms with Crippen LogP contribution in [0.15, 0.2) is 18.2 Å². The number of fused-ring (bicyclic) bond motifs is 1. The molecule has 1 aliphatic carbocycles. The maximum absolute atomic E-state index is 12.2. The smallest absolute Gasteiger partial charge is 0.230 e. The van der Waals surface area contributed by atoms with Crippen LogP contribution in [-0.4, -0.2) is 23.5 Å². The highest BCUT2D eigenvalue weighted by molar-refractivity contribution is 7.22. The second-order valence-corrected chi connectivity index (χ2v) is 6.30. The molecule has 120 valence electrons. The lowest BCUT2D eigenvalue weighted by Gasteiger charge is -2.13. The van der Waals surface area contributed by atoms with E-state index in [9.17, 15) is 4.79 Å².